The summed E-state index contributed by atoms with van der Waals surface area (Å²) in [5, 5.41) is 6.84. The summed E-state index contributed by atoms with van der Waals surface area (Å²) < 4.78 is 5.08. The van der Waals surface area contributed by atoms with Crippen molar-refractivity contribution in [3.8, 4) is 5.88 Å². The lowest BCUT2D eigenvalue weighted by Crippen LogP contribution is -2.35. The molecule has 1 saturated heterocycles. The minimum Gasteiger partial charge on any atom is -0.481 e. The molecular weight excluding hydrogens is 296 g/mol. The maximum absolute atomic E-state index is 5.08. The van der Waals surface area contributed by atoms with Crippen molar-refractivity contribution in [3.05, 3.63) is 18.3 Å². The third-order valence-electron chi connectivity index (χ3n) is 2.65. The van der Waals surface area contributed by atoms with E-state index in [-0.39, 0.29) is 37.2 Å². The number of pyridine rings is 1. The van der Waals surface area contributed by atoms with E-state index in [1.54, 1.807) is 13.3 Å². The van der Waals surface area contributed by atoms with Crippen molar-refractivity contribution >= 4 is 42.9 Å². The van der Waals surface area contributed by atoms with Crippen molar-refractivity contribution in [2.75, 3.05) is 25.5 Å². The van der Waals surface area contributed by atoms with Crippen LogP contribution >= 0.6 is 37.2 Å². The van der Waals surface area contributed by atoms with E-state index >= 15 is 0 Å². The lowest BCUT2D eigenvalue weighted by molar-refractivity contribution is 0.398. The largest absolute Gasteiger partial charge is 0.481 e. The van der Waals surface area contributed by atoms with Crippen LogP contribution in [0.25, 0.3) is 0 Å². The SMILES string of the molecule is COc1cc(NC2CCNCC2)ccn1.Cl.Cl.Cl. The maximum atomic E-state index is 5.08. The molecule has 1 fully saturated rings. The van der Waals surface area contributed by atoms with Gasteiger partial charge in [-0.3, -0.25) is 0 Å². The average Bonchev–Trinajstić information content (AvgIpc) is 2.31. The molecule has 106 valence electrons. The van der Waals surface area contributed by atoms with Crippen molar-refractivity contribution in [1.29, 1.82) is 0 Å². The Kier molecular flexibility index (Phi) is 11.6. The second-order valence-electron chi connectivity index (χ2n) is 3.76. The number of ether oxygens (including phenoxy) is 1. The van der Waals surface area contributed by atoms with Gasteiger partial charge in [0.05, 0.1) is 7.11 Å². The van der Waals surface area contributed by atoms with Gasteiger partial charge in [-0.1, -0.05) is 0 Å². The van der Waals surface area contributed by atoms with Gasteiger partial charge in [0.1, 0.15) is 0 Å². The van der Waals surface area contributed by atoms with Crippen molar-refractivity contribution in [2.45, 2.75) is 18.9 Å². The summed E-state index contributed by atoms with van der Waals surface area (Å²) in [4.78, 5) is 4.08. The molecule has 18 heavy (non-hydrogen) atoms. The summed E-state index contributed by atoms with van der Waals surface area (Å²) in [6, 6.07) is 4.48. The first-order valence-corrected chi connectivity index (χ1v) is 5.36. The van der Waals surface area contributed by atoms with Crippen molar-refractivity contribution in [3.63, 3.8) is 0 Å². The Balaban J connectivity index is 0. The van der Waals surface area contributed by atoms with Gasteiger partial charge in [0, 0.05) is 24.0 Å². The molecule has 0 aliphatic carbocycles. The highest BCUT2D eigenvalue weighted by Crippen LogP contribution is 2.16. The second kappa shape index (κ2) is 10.5. The molecule has 0 amide bonds. The van der Waals surface area contributed by atoms with Gasteiger partial charge in [-0.25, -0.2) is 4.98 Å². The van der Waals surface area contributed by atoms with E-state index in [0.29, 0.717) is 11.9 Å². The minimum atomic E-state index is 0. The molecule has 7 heteroatoms. The van der Waals surface area contributed by atoms with Crippen molar-refractivity contribution in [2.24, 2.45) is 0 Å². The number of halogens is 3. The van der Waals surface area contributed by atoms with Crippen LogP contribution < -0.4 is 15.4 Å². The Morgan fingerprint density at radius 2 is 1.94 bits per heavy atom. The normalized spacial score (nSPS) is 14.5. The van der Waals surface area contributed by atoms with E-state index in [2.05, 4.69) is 15.6 Å². The number of piperidine rings is 1. The average molecular weight is 317 g/mol. The summed E-state index contributed by atoms with van der Waals surface area (Å²) in [5.74, 6) is 0.661. The van der Waals surface area contributed by atoms with Crippen LogP contribution in [0, 0.1) is 0 Å². The lowest BCUT2D eigenvalue weighted by atomic mass is 10.1. The molecule has 2 rings (SSSR count). The highest BCUT2D eigenvalue weighted by molar-refractivity contribution is 5.86. The zero-order valence-electron chi connectivity index (χ0n) is 10.2. The molecule has 0 saturated carbocycles. The maximum Gasteiger partial charge on any atom is 0.214 e. The third kappa shape index (κ3) is 5.96. The van der Waals surface area contributed by atoms with Gasteiger partial charge in [0.15, 0.2) is 0 Å². The quantitative estimate of drug-likeness (QED) is 0.899. The Labute approximate surface area is 127 Å². The van der Waals surface area contributed by atoms with Crippen LogP contribution in [0.15, 0.2) is 18.3 Å². The van der Waals surface area contributed by atoms with Crippen LogP contribution in [0.2, 0.25) is 0 Å². The van der Waals surface area contributed by atoms with Crippen molar-refractivity contribution < 1.29 is 4.74 Å². The molecule has 0 unspecified atom stereocenters. The topological polar surface area (TPSA) is 46.2 Å². The molecule has 0 aromatic carbocycles. The molecule has 2 heterocycles. The van der Waals surface area contributed by atoms with Gasteiger partial charge in [0.2, 0.25) is 5.88 Å². The molecule has 0 bridgehead atoms. The molecule has 1 aromatic heterocycles. The third-order valence-corrected chi connectivity index (χ3v) is 2.65. The van der Waals surface area contributed by atoms with Crippen LogP contribution in [-0.4, -0.2) is 31.2 Å². The summed E-state index contributed by atoms with van der Waals surface area (Å²) >= 11 is 0. The van der Waals surface area contributed by atoms with Crippen molar-refractivity contribution in [1.82, 2.24) is 10.3 Å². The van der Waals surface area contributed by atoms with Crippen LogP contribution in [0.5, 0.6) is 5.88 Å². The van der Waals surface area contributed by atoms with E-state index in [1.807, 2.05) is 12.1 Å². The zero-order chi connectivity index (χ0) is 10.5. The molecule has 0 radical (unpaired) electrons. The van der Waals surface area contributed by atoms with E-state index in [4.69, 9.17) is 4.74 Å². The summed E-state index contributed by atoms with van der Waals surface area (Å²) in [6.45, 7) is 2.19. The summed E-state index contributed by atoms with van der Waals surface area (Å²) in [7, 11) is 1.64. The fraction of sp³-hybridized carbons (Fsp3) is 0.545. The molecule has 1 aliphatic rings. The first kappa shape index (κ1) is 19.9. The van der Waals surface area contributed by atoms with Gasteiger partial charge < -0.3 is 15.4 Å². The molecular formula is C11H20Cl3N3O. The molecule has 0 spiro atoms. The summed E-state index contributed by atoms with van der Waals surface area (Å²) in [6.07, 6.45) is 4.11. The number of hydrogen-bond donors (Lipinski definition) is 2. The Morgan fingerprint density at radius 3 is 2.56 bits per heavy atom. The number of nitrogens with one attached hydrogen (secondary N) is 2. The molecule has 0 atom stereocenters. The number of methoxy groups -OCH3 is 1. The van der Waals surface area contributed by atoms with E-state index in [1.165, 1.54) is 12.8 Å². The molecule has 1 aliphatic heterocycles. The van der Waals surface area contributed by atoms with Gasteiger partial charge in [0.25, 0.3) is 0 Å². The Morgan fingerprint density at radius 1 is 1.28 bits per heavy atom. The number of anilines is 1. The molecule has 2 N–H and O–H groups in total. The van der Waals surface area contributed by atoms with E-state index in [9.17, 15) is 0 Å². The first-order valence-electron chi connectivity index (χ1n) is 5.36. The van der Waals surface area contributed by atoms with Gasteiger partial charge >= 0.3 is 0 Å². The number of hydrogen-bond acceptors (Lipinski definition) is 4. The fourth-order valence-electron chi connectivity index (χ4n) is 1.81. The van der Waals surface area contributed by atoms with Crippen LogP contribution in [0.4, 0.5) is 5.69 Å². The Bertz CT molecular complexity index is 322. The van der Waals surface area contributed by atoms with Crippen LogP contribution in [0.1, 0.15) is 12.8 Å². The van der Waals surface area contributed by atoms with E-state index < -0.39 is 0 Å². The highest BCUT2D eigenvalue weighted by Gasteiger charge is 2.12. The van der Waals surface area contributed by atoms with Crippen LogP contribution in [0.3, 0.4) is 0 Å². The lowest BCUT2D eigenvalue weighted by Gasteiger charge is -2.24. The molecule has 4 nitrogen and oxygen atoms in total. The van der Waals surface area contributed by atoms with Crippen LogP contribution in [-0.2, 0) is 0 Å². The monoisotopic (exact) mass is 315 g/mol. The standard InChI is InChI=1S/C11H17N3O.3ClH/c1-15-11-8-10(4-7-13-11)14-9-2-5-12-6-3-9;;;/h4,7-9,12H,2-3,5-6H2,1H3,(H,13,14);3*1H. The smallest absolute Gasteiger partial charge is 0.214 e. The van der Waals surface area contributed by atoms with E-state index in [0.717, 1.165) is 18.8 Å². The number of aromatic nitrogens is 1. The molecule has 1 aromatic rings. The minimum absolute atomic E-state index is 0. The zero-order valence-corrected chi connectivity index (χ0v) is 12.7. The number of rotatable bonds is 3. The number of nitrogens with zero attached hydrogens (tertiary/aromatic N) is 1. The predicted molar refractivity (Wildman–Crippen MR) is 82.0 cm³/mol. The fourth-order valence-corrected chi connectivity index (χ4v) is 1.81. The van der Waals surface area contributed by atoms with Gasteiger partial charge in [-0.15, -0.1) is 37.2 Å². The van der Waals surface area contributed by atoms with Gasteiger partial charge in [-0.05, 0) is 32.0 Å². The first-order chi connectivity index (χ1) is 7.38. The van der Waals surface area contributed by atoms with Gasteiger partial charge in [-0.2, -0.15) is 0 Å². The predicted octanol–water partition coefficient (Wildman–Crippen LogP) is 2.52. The highest BCUT2D eigenvalue weighted by atomic mass is 35.5. The second-order valence-corrected chi connectivity index (χ2v) is 3.76. The Hall–Kier alpha value is -0.420. The summed E-state index contributed by atoms with van der Waals surface area (Å²) in [5.41, 5.74) is 1.09.